The van der Waals surface area contributed by atoms with Crippen molar-refractivity contribution in [3.63, 3.8) is 0 Å². The second-order valence-corrected chi connectivity index (χ2v) is 3.46. The van der Waals surface area contributed by atoms with Gasteiger partial charge in [-0.25, -0.2) is 4.39 Å². The van der Waals surface area contributed by atoms with Crippen molar-refractivity contribution in [1.29, 1.82) is 0 Å². The fourth-order valence-electron chi connectivity index (χ4n) is 1.39. The van der Waals surface area contributed by atoms with Gasteiger partial charge in [-0.3, -0.25) is 4.79 Å². The highest BCUT2D eigenvalue weighted by Crippen LogP contribution is 2.09. The van der Waals surface area contributed by atoms with Crippen LogP contribution in [0.4, 0.5) is 4.39 Å². The molecule has 0 heterocycles. The Labute approximate surface area is 82.9 Å². The summed E-state index contributed by atoms with van der Waals surface area (Å²) in [5.74, 6) is -0.222. The van der Waals surface area contributed by atoms with Gasteiger partial charge in [0.2, 0.25) is 0 Å². The summed E-state index contributed by atoms with van der Waals surface area (Å²) >= 11 is 0. The van der Waals surface area contributed by atoms with Gasteiger partial charge in [0.1, 0.15) is 11.6 Å². The quantitative estimate of drug-likeness (QED) is 0.794. The molecule has 0 amide bonds. The zero-order chi connectivity index (χ0) is 10.6. The van der Waals surface area contributed by atoms with Gasteiger partial charge >= 0.3 is 0 Å². The van der Waals surface area contributed by atoms with E-state index in [-0.39, 0.29) is 17.6 Å². The SMILES string of the molecule is CC(=O)C[C@H](N)Cc1ccccc1F. The van der Waals surface area contributed by atoms with Gasteiger partial charge in [-0.1, -0.05) is 18.2 Å². The fourth-order valence-corrected chi connectivity index (χ4v) is 1.39. The Morgan fingerprint density at radius 1 is 1.50 bits per heavy atom. The zero-order valence-electron chi connectivity index (χ0n) is 8.16. The topological polar surface area (TPSA) is 43.1 Å². The number of hydrogen-bond acceptors (Lipinski definition) is 2. The molecule has 0 unspecified atom stereocenters. The molecule has 0 aliphatic rings. The molecular weight excluding hydrogens is 181 g/mol. The van der Waals surface area contributed by atoms with E-state index in [4.69, 9.17) is 5.73 Å². The summed E-state index contributed by atoms with van der Waals surface area (Å²) < 4.78 is 13.1. The Balaban J connectivity index is 2.60. The number of carbonyl (C=O) groups excluding carboxylic acids is 1. The van der Waals surface area contributed by atoms with Crippen molar-refractivity contribution in [3.8, 4) is 0 Å². The first-order valence-electron chi connectivity index (χ1n) is 4.58. The normalized spacial score (nSPS) is 12.5. The largest absolute Gasteiger partial charge is 0.327 e. The number of ketones is 1. The van der Waals surface area contributed by atoms with E-state index in [1.807, 2.05) is 0 Å². The average molecular weight is 195 g/mol. The molecule has 1 atom stereocenters. The number of rotatable bonds is 4. The average Bonchev–Trinajstić information content (AvgIpc) is 2.07. The van der Waals surface area contributed by atoms with E-state index >= 15 is 0 Å². The van der Waals surface area contributed by atoms with Crippen molar-refractivity contribution in [2.24, 2.45) is 5.73 Å². The Kier molecular flexibility index (Phi) is 3.77. The van der Waals surface area contributed by atoms with Crippen LogP contribution in [0.3, 0.4) is 0 Å². The van der Waals surface area contributed by atoms with Crippen LogP contribution in [0.5, 0.6) is 0 Å². The summed E-state index contributed by atoms with van der Waals surface area (Å²) in [6.45, 7) is 1.49. The molecule has 1 aromatic carbocycles. The highest BCUT2D eigenvalue weighted by atomic mass is 19.1. The van der Waals surface area contributed by atoms with Crippen LogP contribution in [0.1, 0.15) is 18.9 Å². The molecular formula is C11H14FNO. The molecule has 0 saturated heterocycles. The summed E-state index contributed by atoms with van der Waals surface area (Å²) in [7, 11) is 0. The lowest BCUT2D eigenvalue weighted by atomic mass is 10.0. The van der Waals surface area contributed by atoms with E-state index in [2.05, 4.69) is 0 Å². The Morgan fingerprint density at radius 3 is 2.71 bits per heavy atom. The molecule has 2 nitrogen and oxygen atoms in total. The van der Waals surface area contributed by atoms with Gasteiger partial charge in [0, 0.05) is 12.5 Å². The van der Waals surface area contributed by atoms with Crippen molar-refractivity contribution in [2.75, 3.05) is 0 Å². The lowest BCUT2D eigenvalue weighted by molar-refractivity contribution is -0.117. The standard InChI is InChI=1S/C11H14FNO/c1-8(14)6-10(13)7-9-4-2-3-5-11(9)12/h2-5,10H,6-7,13H2,1H3/t10-/m0/s1. The predicted octanol–water partition coefficient (Wildman–Crippen LogP) is 1.67. The van der Waals surface area contributed by atoms with Gasteiger partial charge in [0.15, 0.2) is 0 Å². The number of benzene rings is 1. The Morgan fingerprint density at radius 2 is 2.14 bits per heavy atom. The van der Waals surface area contributed by atoms with E-state index in [1.54, 1.807) is 18.2 Å². The minimum atomic E-state index is -0.288. The highest BCUT2D eigenvalue weighted by Gasteiger charge is 2.09. The molecule has 1 rings (SSSR count). The van der Waals surface area contributed by atoms with E-state index < -0.39 is 0 Å². The maximum Gasteiger partial charge on any atom is 0.131 e. The Hall–Kier alpha value is -1.22. The van der Waals surface area contributed by atoms with Crippen LogP contribution < -0.4 is 5.73 Å². The predicted molar refractivity (Wildman–Crippen MR) is 53.4 cm³/mol. The van der Waals surface area contributed by atoms with Crippen LogP contribution in [0.15, 0.2) is 24.3 Å². The number of carbonyl (C=O) groups is 1. The lowest BCUT2D eigenvalue weighted by Crippen LogP contribution is -2.25. The van der Waals surface area contributed by atoms with Crippen molar-refractivity contribution >= 4 is 5.78 Å². The van der Waals surface area contributed by atoms with Crippen molar-refractivity contribution in [2.45, 2.75) is 25.8 Å². The van der Waals surface area contributed by atoms with Gasteiger partial charge in [-0.05, 0) is 25.0 Å². The third-order valence-corrected chi connectivity index (χ3v) is 1.99. The molecule has 3 heteroatoms. The van der Waals surface area contributed by atoms with Crippen molar-refractivity contribution in [1.82, 2.24) is 0 Å². The first-order valence-corrected chi connectivity index (χ1v) is 4.58. The summed E-state index contributed by atoms with van der Waals surface area (Å²) in [4.78, 5) is 10.8. The summed E-state index contributed by atoms with van der Waals surface area (Å²) in [6.07, 6.45) is 0.709. The molecule has 2 N–H and O–H groups in total. The molecule has 0 saturated carbocycles. The molecule has 0 aromatic heterocycles. The second-order valence-electron chi connectivity index (χ2n) is 3.46. The molecule has 14 heavy (non-hydrogen) atoms. The van der Waals surface area contributed by atoms with Gasteiger partial charge in [0.05, 0.1) is 0 Å². The fraction of sp³-hybridized carbons (Fsp3) is 0.364. The van der Waals surface area contributed by atoms with Crippen LogP contribution in [0.25, 0.3) is 0 Å². The molecule has 0 spiro atoms. The van der Waals surface area contributed by atoms with Gasteiger partial charge in [-0.2, -0.15) is 0 Å². The minimum absolute atomic E-state index is 0.0360. The number of halogens is 1. The third kappa shape index (κ3) is 3.26. The second kappa shape index (κ2) is 4.86. The smallest absolute Gasteiger partial charge is 0.131 e. The molecule has 76 valence electrons. The van der Waals surface area contributed by atoms with Crippen LogP contribution in [-0.4, -0.2) is 11.8 Å². The van der Waals surface area contributed by atoms with E-state index in [0.717, 1.165) is 0 Å². The van der Waals surface area contributed by atoms with Crippen LogP contribution >= 0.6 is 0 Å². The third-order valence-electron chi connectivity index (χ3n) is 1.99. The molecule has 0 fully saturated rings. The van der Waals surface area contributed by atoms with E-state index in [9.17, 15) is 9.18 Å². The first kappa shape index (κ1) is 10.9. The van der Waals surface area contributed by atoms with Crippen molar-refractivity contribution < 1.29 is 9.18 Å². The molecule has 0 aliphatic heterocycles. The molecule has 0 aliphatic carbocycles. The molecule has 1 aromatic rings. The van der Waals surface area contributed by atoms with Gasteiger partial charge in [0.25, 0.3) is 0 Å². The van der Waals surface area contributed by atoms with E-state index in [1.165, 1.54) is 13.0 Å². The zero-order valence-corrected chi connectivity index (χ0v) is 8.16. The van der Waals surface area contributed by atoms with Gasteiger partial charge < -0.3 is 5.73 Å². The summed E-state index contributed by atoms with van der Waals surface area (Å²) in [6, 6.07) is 6.20. The Bertz CT molecular complexity index is 325. The van der Waals surface area contributed by atoms with E-state index in [0.29, 0.717) is 18.4 Å². The number of nitrogens with two attached hydrogens (primary N) is 1. The number of Topliss-reactive ketones (excluding diaryl/α,β-unsaturated/α-hetero) is 1. The summed E-state index contributed by atoms with van der Waals surface area (Å²) in [5, 5.41) is 0. The molecule has 0 radical (unpaired) electrons. The van der Waals surface area contributed by atoms with Crippen molar-refractivity contribution in [3.05, 3.63) is 35.6 Å². The molecule has 0 bridgehead atoms. The maximum absolute atomic E-state index is 13.1. The first-order chi connectivity index (χ1) is 6.59. The lowest BCUT2D eigenvalue weighted by Gasteiger charge is -2.09. The maximum atomic E-state index is 13.1. The monoisotopic (exact) mass is 195 g/mol. The summed E-state index contributed by atoms with van der Waals surface area (Å²) in [5.41, 5.74) is 6.26. The minimum Gasteiger partial charge on any atom is -0.327 e. The van der Waals surface area contributed by atoms with Gasteiger partial charge in [-0.15, -0.1) is 0 Å². The van der Waals surface area contributed by atoms with Crippen LogP contribution in [0.2, 0.25) is 0 Å². The highest BCUT2D eigenvalue weighted by molar-refractivity contribution is 5.76. The van der Waals surface area contributed by atoms with Crippen LogP contribution in [0, 0.1) is 5.82 Å². The number of hydrogen-bond donors (Lipinski definition) is 1. The van der Waals surface area contributed by atoms with Crippen LogP contribution in [-0.2, 0) is 11.2 Å².